The van der Waals surface area contributed by atoms with Gasteiger partial charge in [-0.3, -0.25) is 4.79 Å². The summed E-state index contributed by atoms with van der Waals surface area (Å²) in [5.41, 5.74) is 2.43. The Morgan fingerprint density at radius 2 is 1.47 bits per heavy atom. The zero-order valence-electron chi connectivity index (χ0n) is 19.4. The van der Waals surface area contributed by atoms with E-state index >= 15 is 0 Å². The van der Waals surface area contributed by atoms with E-state index in [9.17, 15) is 9.59 Å². The summed E-state index contributed by atoms with van der Waals surface area (Å²) in [7, 11) is 0. The molecule has 5 heteroatoms. The van der Waals surface area contributed by atoms with Gasteiger partial charge in [0.2, 0.25) is 0 Å². The standard InChI is InChI=1S/C27H35ClO4/c1-4-5-6-7-8-9-26(29)32-25-16-14-22(15-17-25)21-10-12-23(13-11-21)27(30)31-19-24(28)18-20(2)3/h10-17,20,24H,4-9,18-19H2,1-3H3. The van der Waals surface area contributed by atoms with Crippen LogP contribution < -0.4 is 4.74 Å². The van der Waals surface area contributed by atoms with Crippen LogP contribution in [0.3, 0.4) is 0 Å². The Morgan fingerprint density at radius 3 is 2.06 bits per heavy atom. The van der Waals surface area contributed by atoms with Gasteiger partial charge in [0.1, 0.15) is 12.4 Å². The summed E-state index contributed by atoms with van der Waals surface area (Å²) >= 11 is 6.19. The van der Waals surface area contributed by atoms with Crippen molar-refractivity contribution in [2.45, 2.75) is 71.1 Å². The molecule has 0 spiro atoms. The van der Waals surface area contributed by atoms with Crippen LogP contribution in [0.2, 0.25) is 0 Å². The number of hydrogen-bond donors (Lipinski definition) is 0. The van der Waals surface area contributed by atoms with Crippen LogP contribution in [-0.2, 0) is 9.53 Å². The smallest absolute Gasteiger partial charge is 0.338 e. The van der Waals surface area contributed by atoms with Gasteiger partial charge in [-0.25, -0.2) is 4.79 Å². The highest BCUT2D eigenvalue weighted by Crippen LogP contribution is 2.23. The lowest BCUT2D eigenvalue weighted by Gasteiger charge is -2.12. The van der Waals surface area contributed by atoms with Gasteiger partial charge in [-0.05, 0) is 54.2 Å². The molecule has 0 N–H and O–H groups in total. The van der Waals surface area contributed by atoms with Crippen molar-refractivity contribution in [3.8, 4) is 16.9 Å². The maximum absolute atomic E-state index is 12.2. The number of esters is 2. The van der Waals surface area contributed by atoms with Crippen LogP contribution in [0.25, 0.3) is 11.1 Å². The number of benzene rings is 2. The van der Waals surface area contributed by atoms with Crippen LogP contribution in [0.5, 0.6) is 5.75 Å². The molecular formula is C27H35ClO4. The number of unbranched alkanes of at least 4 members (excludes halogenated alkanes) is 4. The molecule has 0 saturated carbocycles. The molecule has 1 atom stereocenters. The molecule has 174 valence electrons. The lowest BCUT2D eigenvalue weighted by atomic mass is 10.0. The predicted molar refractivity (Wildman–Crippen MR) is 130 cm³/mol. The van der Waals surface area contributed by atoms with Crippen LogP contribution in [0, 0.1) is 5.92 Å². The van der Waals surface area contributed by atoms with Crippen LogP contribution in [0.4, 0.5) is 0 Å². The van der Waals surface area contributed by atoms with E-state index in [4.69, 9.17) is 21.1 Å². The van der Waals surface area contributed by atoms with Gasteiger partial charge < -0.3 is 9.47 Å². The first-order valence-corrected chi connectivity index (χ1v) is 12.0. The summed E-state index contributed by atoms with van der Waals surface area (Å²) in [6.07, 6.45) is 6.76. The lowest BCUT2D eigenvalue weighted by molar-refractivity contribution is -0.134. The second-order valence-electron chi connectivity index (χ2n) is 8.57. The minimum absolute atomic E-state index is 0.174. The highest BCUT2D eigenvalue weighted by atomic mass is 35.5. The monoisotopic (exact) mass is 458 g/mol. The zero-order valence-corrected chi connectivity index (χ0v) is 20.2. The molecular weight excluding hydrogens is 424 g/mol. The second kappa shape index (κ2) is 13.9. The fraction of sp³-hybridized carbons (Fsp3) is 0.481. The van der Waals surface area contributed by atoms with E-state index in [1.165, 1.54) is 19.3 Å². The molecule has 0 aliphatic carbocycles. The molecule has 0 bridgehead atoms. The second-order valence-corrected chi connectivity index (χ2v) is 9.18. The first-order chi connectivity index (χ1) is 15.4. The minimum atomic E-state index is -0.372. The van der Waals surface area contributed by atoms with Crippen LogP contribution in [0.15, 0.2) is 48.5 Å². The zero-order chi connectivity index (χ0) is 23.3. The van der Waals surface area contributed by atoms with Gasteiger partial charge in [0.05, 0.1) is 10.9 Å². The Labute approximate surface area is 197 Å². The predicted octanol–water partition coefficient (Wildman–Crippen LogP) is 7.43. The van der Waals surface area contributed by atoms with Crippen LogP contribution in [-0.4, -0.2) is 23.9 Å². The molecule has 0 saturated heterocycles. The van der Waals surface area contributed by atoms with Crippen molar-refractivity contribution >= 4 is 23.5 Å². The Morgan fingerprint density at radius 1 is 0.875 bits per heavy atom. The van der Waals surface area contributed by atoms with Gasteiger partial charge in [-0.2, -0.15) is 0 Å². The number of carbonyl (C=O) groups is 2. The van der Waals surface area contributed by atoms with E-state index in [2.05, 4.69) is 20.8 Å². The largest absolute Gasteiger partial charge is 0.461 e. The van der Waals surface area contributed by atoms with Crippen molar-refractivity contribution in [3.63, 3.8) is 0 Å². The first-order valence-electron chi connectivity index (χ1n) is 11.6. The minimum Gasteiger partial charge on any atom is -0.461 e. The number of hydrogen-bond acceptors (Lipinski definition) is 4. The summed E-state index contributed by atoms with van der Waals surface area (Å²) in [5.74, 6) is 0.443. The third-order valence-corrected chi connectivity index (χ3v) is 5.45. The fourth-order valence-electron chi connectivity index (χ4n) is 3.40. The quantitative estimate of drug-likeness (QED) is 0.135. The molecule has 0 amide bonds. The van der Waals surface area contributed by atoms with Gasteiger partial charge in [-0.1, -0.05) is 70.7 Å². The Kier molecular flexibility index (Phi) is 11.3. The average molecular weight is 459 g/mol. The summed E-state index contributed by atoms with van der Waals surface area (Å²) in [6, 6.07) is 14.6. The van der Waals surface area contributed by atoms with E-state index in [1.54, 1.807) is 24.3 Å². The third-order valence-electron chi connectivity index (χ3n) is 5.15. The van der Waals surface area contributed by atoms with Crippen molar-refractivity contribution in [2.24, 2.45) is 5.92 Å². The number of rotatable bonds is 13. The van der Waals surface area contributed by atoms with Crippen molar-refractivity contribution in [1.29, 1.82) is 0 Å². The Hall–Kier alpha value is -2.33. The molecule has 2 aromatic rings. The molecule has 0 fully saturated rings. The molecule has 0 heterocycles. The fourth-order valence-corrected chi connectivity index (χ4v) is 3.82. The van der Waals surface area contributed by atoms with Gasteiger partial charge >= 0.3 is 11.9 Å². The maximum atomic E-state index is 12.2. The topological polar surface area (TPSA) is 52.6 Å². The maximum Gasteiger partial charge on any atom is 0.338 e. The molecule has 0 aromatic heterocycles. The molecule has 2 aromatic carbocycles. The van der Waals surface area contributed by atoms with Crippen molar-refractivity contribution in [1.82, 2.24) is 0 Å². The van der Waals surface area contributed by atoms with Gasteiger partial charge in [-0.15, -0.1) is 11.6 Å². The van der Waals surface area contributed by atoms with E-state index < -0.39 is 0 Å². The highest BCUT2D eigenvalue weighted by molar-refractivity contribution is 6.20. The molecule has 4 nitrogen and oxygen atoms in total. The number of carbonyl (C=O) groups excluding carboxylic acids is 2. The lowest BCUT2D eigenvalue weighted by Crippen LogP contribution is -2.16. The van der Waals surface area contributed by atoms with Gasteiger partial charge in [0.25, 0.3) is 0 Å². The first kappa shape index (κ1) is 25.9. The Balaban J connectivity index is 1.83. The third kappa shape index (κ3) is 9.44. The van der Waals surface area contributed by atoms with Crippen molar-refractivity contribution < 1.29 is 19.1 Å². The number of halogens is 1. The number of alkyl halides is 1. The highest BCUT2D eigenvalue weighted by Gasteiger charge is 2.13. The van der Waals surface area contributed by atoms with Gasteiger partial charge in [0, 0.05) is 6.42 Å². The van der Waals surface area contributed by atoms with Crippen molar-refractivity contribution in [3.05, 3.63) is 54.1 Å². The van der Waals surface area contributed by atoms with Crippen LogP contribution in [0.1, 0.15) is 76.1 Å². The molecule has 0 aliphatic rings. The van der Waals surface area contributed by atoms with E-state index in [0.29, 0.717) is 23.7 Å². The van der Waals surface area contributed by atoms with E-state index in [0.717, 1.165) is 30.4 Å². The van der Waals surface area contributed by atoms with E-state index in [-0.39, 0.29) is 23.9 Å². The number of ether oxygens (including phenoxy) is 2. The molecule has 2 rings (SSSR count). The summed E-state index contributed by atoms with van der Waals surface area (Å²) < 4.78 is 10.7. The Bertz CT molecular complexity index is 828. The molecule has 0 radical (unpaired) electrons. The summed E-state index contributed by atoms with van der Waals surface area (Å²) in [5, 5.41) is -0.174. The summed E-state index contributed by atoms with van der Waals surface area (Å²) in [4.78, 5) is 24.2. The van der Waals surface area contributed by atoms with Crippen molar-refractivity contribution in [2.75, 3.05) is 6.61 Å². The average Bonchev–Trinajstić information content (AvgIpc) is 2.77. The SMILES string of the molecule is CCCCCCCC(=O)Oc1ccc(-c2ccc(C(=O)OCC(Cl)CC(C)C)cc2)cc1. The summed E-state index contributed by atoms with van der Waals surface area (Å²) in [6.45, 7) is 6.55. The van der Waals surface area contributed by atoms with Gasteiger partial charge in [0.15, 0.2) is 0 Å². The van der Waals surface area contributed by atoms with E-state index in [1.807, 2.05) is 24.3 Å². The molecule has 32 heavy (non-hydrogen) atoms. The van der Waals surface area contributed by atoms with Crippen LogP contribution >= 0.6 is 11.6 Å². The molecule has 0 aliphatic heterocycles. The molecule has 1 unspecified atom stereocenters. The normalized spacial score (nSPS) is 11.9.